The average Bonchev–Trinajstić information content (AvgIpc) is 3.03. The maximum absolute atomic E-state index is 12.5. The summed E-state index contributed by atoms with van der Waals surface area (Å²) in [7, 11) is -0.806. The molecule has 1 aliphatic rings. The number of hydrogen-bond acceptors (Lipinski definition) is 7. The monoisotopic (exact) mass is 411 g/mol. The number of hydrogen-bond donors (Lipinski definition) is 1. The third-order valence-electron chi connectivity index (χ3n) is 4.13. The lowest BCUT2D eigenvalue weighted by molar-refractivity contribution is -0.136. The molecule has 3 rings (SSSR count). The van der Waals surface area contributed by atoms with Gasteiger partial charge in [0.05, 0.1) is 18.9 Å². The van der Waals surface area contributed by atoms with Crippen LogP contribution < -0.4 is 10.4 Å². The molecule has 28 heavy (non-hydrogen) atoms. The maximum atomic E-state index is 12.5. The molecule has 13 heteroatoms. The molecule has 12 nitrogen and oxygen atoms in total. The molecular weight excluding hydrogens is 390 g/mol. The topological polar surface area (TPSA) is 132 Å². The standard InChI is InChI=1S/C15H21N7O5S/c1-19(2)28(25,26)16-12-3-5-13(6-4-12)22-15(24)21(17-18-22)11-14(23)20-7-9-27-10-8-20/h3-6,16H,7-11H2,1-2H3. The fourth-order valence-corrected chi connectivity index (χ4v) is 3.10. The van der Waals surface area contributed by atoms with E-state index in [1.165, 1.54) is 38.4 Å². The molecule has 1 saturated heterocycles. The number of aromatic nitrogens is 4. The van der Waals surface area contributed by atoms with Gasteiger partial charge in [-0.1, -0.05) is 0 Å². The zero-order valence-electron chi connectivity index (χ0n) is 15.5. The van der Waals surface area contributed by atoms with Gasteiger partial charge in [-0.3, -0.25) is 9.52 Å². The largest absolute Gasteiger partial charge is 0.378 e. The molecule has 0 radical (unpaired) electrons. The molecular formula is C15H21N7O5S. The van der Waals surface area contributed by atoms with Crippen LogP contribution >= 0.6 is 0 Å². The van der Waals surface area contributed by atoms with Crippen LogP contribution in [0.4, 0.5) is 5.69 Å². The van der Waals surface area contributed by atoms with Crippen LogP contribution in [0.1, 0.15) is 0 Å². The summed E-state index contributed by atoms with van der Waals surface area (Å²) in [4.78, 5) is 26.4. The van der Waals surface area contributed by atoms with Crippen molar-refractivity contribution in [1.29, 1.82) is 0 Å². The Kier molecular flexibility index (Phi) is 5.76. The number of benzene rings is 1. The van der Waals surface area contributed by atoms with Gasteiger partial charge in [-0.25, -0.2) is 4.79 Å². The first-order valence-corrected chi connectivity index (χ1v) is 9.91. The summed E-state index contributed by atoms with van der Waals surface area (Å²) in [6.07, 6.45) is 0. The molecule has 0 saturated carbocycles. The molecule has 0 bridgehead atoms. The predicted molar refractivity (Wildman–Crippen MR) is 99.2 cm³/mol. The van der Waals surface area contributed by atoms with Crippen molar-refractivity contribution in [2.24, 2.45) is 0 Å². The quantitative estimate of drug-likeness (QED) is 0.612. The van der Waals surface area contributed by atoms with E-state index in [9.17, 15) is 18.0 Å². The highest BCUT2D eigenvalue weighted by Gasteiger charge is 2.20. The SMILES string of the molecule is CN(C)S(=O)(=O)Nc1ccc(-n2nnn(CC(=O)N3CCOCC3)c2=O)cc1. The van der Waals surface area contributed by atoms with Crippen molar-refractivity contribution in [1.82, 2.24) is 29.0 Å². The highest BCUT2D eigenvalue weighted by atomic mass is 32.2. The van der Waals surface area contributed by atoms with Crippen molar-refractivity contribution in [2.45, 2.75) is 6.54 Å². The van der Waals surface area contributed by atoms with E-state index in [0.29, 0.717) is 37.7 Å². The molecule has 0 aliphatic carbocycles. The van der Waals surface area contributed by atoms with E-state index in [2.05, 4.69) is 15.1 Å². The number of nitrogens with one attached hydrogen (secondary N) is 1. The van der Waals surface area contributed by atoms with Crippen LogP contribution in [0.15, 0.2) is 29.1 Å². The Morgan fingerprint density at radius 3 is 2.43 bits per heavy atom. The Labute approximate surface area is 161 Å². The lowest BCUT2D eigenvalue weighted by Gasteiger charge is -2.26. The van der Waals surface area contributed by atoms with Crippen molar-refractivity contribution < 1.29 is 17.9 Å². The zero-order chi connectivity index (χ0) is 20.3. The van der Waals surface area contributed by atoms with Crippen LogP contribution in [0.2, 0.25) is 0 Å². The van der Waals surface area contributed by atoms with Crippen molar-refractivity contribution in [3.63, 3.8) is 0 Å². The second kappa shape index (κ2) is 8.08. The Morgan fingerprint density at radius 2 is 1.82 bits per heavy atom. The maximum Gasteiger partial charge on any atom is 0.368 e. The number of morpholine rings is 1. The van der Waals surface area contributed by atoms with Crippen molar-refractivity contribution in [3.05, 3.63) is 34.7 Å². The van der Waals surface area contributed by atoms with Crippen molar-refractivity contribution in [3.8, 4) is 5.69 Å². The molecule has 0 spiro atoms. The van der Waals surface area contributed by atoms with E-state index >= 15 is 0 Å². The van der Waals surface area contributed by atoms with Crippen molar-refractivity contribution >= 4 is 21.8 Å². The minimum Gasteiger partial charge on any atom is -0.378 e. The fraction of sp³-hybridized carbons (Fsp3) is 0.467. The Balaban J connectivity index is 1.73. The lowest BCUT2D eigenvalue weighted by Crippen LogP contribution is -2.43. The molecule has 1 aromatic heterocycles. The zero-order valence-corrected chi connectivity index (χ0v) is 16.3. The number of amides is 1. The van der Waals surface area contributed by atoms with Gasteiger partial charge >= 0.3 is 15.9 Å². The second-order valence-electron chi connectivity index (χ2n) is 6.26. The number of carbonyl (C=O) groups excluding carboxylic acids is 1. The summed E-state index contributed by atoms with van der Waals surface area (Å²) >= 11 is 0. The van der Waals surface area contributed by atoms with E-state index in [1.54, 1.807) is 4.90 Å². The van der Waals surface area contributed by atoms with Crippen LogP contribution in [0, 0.1) is 0 Å². The molecule has 2 heterocycles. The molecule has 1 aromatic carbocycles. The summed E-state index contributed by atoms with van der Waals surface area (Å²) in [6, 6.07) is 6.05. The summed E-state index contributed by atoms with van der Waals surface area (Å²) < 4.78 is 34.3. The molecule has 1 N–H and O–H groups in total. The van der Waals surface area contributed by atoms with Gasteiger partial charge in [0.1, 0.15) is 6.54 Å². The second-order valence-corrected chi connectivity index (χ2v) is 8.14. The number of tetrazole rings is 1. The van der Waals surface area contributed by atoms with Crippen LogP contribution in [-0.2, 0) is 26.3 Å². The summed E-state index contributed by atoms with van der Waals surface area (Å²) in [5, 5.41) is 7.54. The molecule has 1 fully saturated rings. The molecule has 152 valence electrons. The third kappa shape index (κ3) is 4.37. The first-order chi connectivity index (χ1) is 13.3. The Hall–Kier alpha value is -2.77. The van der Waals surface area contributed by atoms with Crippen molar-refractivity contribution in [2.75, 3.05) is 45.1 Å². The fourth-order valence-electron chi connectivity index (χ4n) is 2.49. The minimum atomic E-state index is -3.63. The van der Waals surface area contributed by atoms with Crippen LogP contribution in [0.5, 0.6) is 0 Å². The van der Waals surface area contributed by atoms with Gasteiger partial charge in [0.2, 0.25) is 5.91 Å². The van der Waals surface area contributed by atoms with E-state index < -0.39 is 15.9 Å². The number of carbonyl (C=O) groups is 1. The number of rotatable bonds is 6. The normalized spacial score (nSPS) is 15.0. The van der Waals surface area contributed by atoms with Gasteiger partial charge in [0, 0.05) is 32.9 Å². The number of nitrogens with zero attached hydrogens (tertiary/aromatic N) is 6. The van der Waals surface area contributed by atoms with Gasteiger partial charge in [-0.2, -0.15) is 22.1 Å². The summed E-state index contributed by atoms with van der Waals surface area (Å²) in [6.45, 7) is 1.69. The van der Waals surface area contributed by atoms with Gasteiger partial charge < -0.3 is 9.64 Å². The van der Waals surface area contributed by atoms with Gasteiger partial charge in [-0.05, 0) is 34.7 Å². The van der Waals surface area contributed by atoms with Gasteiger partial charge in [0.25, 0.3) is 0 Å². The van der Waals surface area contributed by atoms with Crippen LogP contribution in [0.3, 0.4) is 0 Å². The first kappa shape index (κ1) is 20.0. The minimum absolute atomic E-state index is 0.209. The molecule has 0 unspecified atom stereocenters. The van der Waals surface area contributed by atoms with Gasteiger partial charge in [0.15, 0.2) is 0 Å². The summed E-state index contributed by atoms with van der Waals surface area (Å²) in [5.41, 5.74) is 0.159. The van der Waals surface area contributed by atoms with E-state index in [1.807, 2.05) is 0 Å². The van der Waals surface area contributed by atoms with E-state index in [4.69, 9.17) is 4.74 Å². The number of ether oxygens (including phenoxy) is 1. The molecule has 1 amide bonds. The molecule has 0 atom stereocenters. The number of anilines is 1. The summed E-state index contributed by atoms with van der Waals surface area (Å²) in [5.74, 6) is -0.231. The Morgan fingerprint density at radius 1 is 1.18 bits per heavy atom. The molecule has 2 aromatic rings. The smallest absolute Gasteiger partial charge is 0.368 e. The average molecular weight is 411 g/mol. The molecule has 1 aliphatic heterocycles. The lowest BCUT2D eigenvalue weighted by atomic mass is 10.3. The van der Waals surface area contributed by atoms with E-state index in [-0.39, 0.29) is 12.5 Å². The van der Waals surface area contributed by atoms with E-state index in [0.717, 1.165) is 13.7 Å². The predicted octanol–water partition coefficient (Wildman–Crippen LogP) is -1.49. The van der Waals surface area contributed by atoms with Crippen LogP contribution in [0.25, 0.3) is 5.69 Å². The first-order valence-electron chi connectivity index (χ1n) is 8.47. The highest BCUT2D eigenvalue weighted by molar-refractivity contribution is 7.90. The highest BCUT2D eigenvalue weighted by Crippen LogP contribution is 2.13. The third-order valence-corrected chi connectivity index (χ3v) is 5.58. The Bertz CT molecular complexity index is 991. The van der Waals surface area contributed by atoms with Crippen LogP contribution in [-0.4, -0.2) is 83.7 Å². The van der Waals surface area contributed by atoms with Gasteiger partial charge in [-0.15, -0.1) is 0 Å².